The van der Waals surface area contributed by atoms with Crippen LogP contribution in [0.5, 0.6) is 0 Å². The molecule has 1 amide bonds. The first-order valence-electron chi connectivity index (χ1n) is 7.65. The fourth-order valence-electron chi connectivity index (χ4n) is 2.81. The molecule has 1 atom stereocenters. The van der Waals surface area contributed by atoms with Crippen molar-refractivity contribution in [1.82, 2.24) is 25.0 Å². The molecule has 1 aliphatic heterocycles. The van der Waals surface area contributed by atoms with Gasteiger partial charge in [-0.1, -0.05) is 5.16 Å². The average molecular weight is 299 g/mol. The fraction of sp³-hybridized carbons (Fsp3) is 0.533. The predicted molar refractivity (Wildman–Crippen MR) is 76.1 cm³/mol. The number of carbonyl (C=O) groups is 1. The van der Waals surface area contributed by atoms with E-state index >= 15 is 0 Å². The number of likely N-dealkylation sites (tertiary alicyclic amines) is 1. The molecule has 22 heavy (non-hydrogen) atoms. The molecule has 2 fully saturated rings. The Kier molecular flexibility index (Phi) is 3.13. The second kappa shape index (κ2) is 5.15. The smallest absolute Gasteiger partial charge is 0.274 e. The van der Waals surface area contributed by atoms with Crippen LogP contribution < -0.4 is 0 Å². The molecule has 1 aliphatic carbocycles. The van der Waals surface area contributed by atoms with E-state index in [9.17, 15) is 4.79 Å². The SMILES string of the molecule is Cc1cnc(C(=O)N2CCC[C@H]2c2noc(C3CC3)n2)cn1. The minimum Gasteiger partial charge on any atom is -0.339 e. The Bertz CT molecular complexity index is 692. The molecule has 2 aromatic rings. The van der Waals surface area contributed by atoms with E-state index in [4.69, 9.17) is 4.52 Å². The number of amides is 1. The zero-order valence-corrected chi connectivity index (χ0v) is 12.4. The van der Waals surface area contributed by atoms with Crippen LogP contribution in [0.1, 0.15) is 65.5 Å². The highest BCUT2D eigenvalue weighted by Gasteiger charge is 2.36. The lowest BCUT2D eigenvalue weighted by molar-refractivity contribution is 0.0722. The van der Waals surface area contributed by atoms with E-state index in [1.165, 1.54) is 6.20 Å². The van der Waals surface area contributed by atoms with Gasteiger partial charge in [-0.3, -0.25) is 9.78 Å². The lowest BCUT2D eigenvalue weighted by Crippen LogP contribution is -2.31. The topological polar surface area (TPSA) is 85.0 Å². The molecular weight excluding hydrogens is 282 g/mol. The number of hydrogen-bond donors (Lipinski definition) is 0. The molecule has 0 bridgehead atoms. The predicted octanol–water partition coefficient (Wildman–Crippen LogP) is 2.02. The summed E-state index contributed by atoms with van der Waals surface area (Å²) in [5, 5.41) is 4.08. The van der Waals surface area contributed by atoms with Gasteiger partial charge in [-0.05, 0) is 32.6 Å². The Labute approximate surface area is 127 Å². The quantitative estimate of drug-likeness (QED) is 0.862. The van der Waals surface area contributed by atoms with E-state index in [1.807, 2.05) is 6.92 Å². The highest BCUT2D eigenvalue weighted by Crippen LogP contribution is 2.40. The Morgan fingerprint density at radius 1 is 1.27 bits per heavy atom. The zero-order valence-electron chi connectivity index (χ0n) is 12.4. The number of aromatic nitrogens is 4. The van der Waals surface area contributed by atoms with Crippen molar-refractivity contribution in [3.63, 3.8) is 0 Å². The molecule has 0 spiro atoms. The number of aryl methyl sites for hydroxylation is 1. The summed E-state index contributed by atoms with van der Waals surface area (Å²) in [7, 11) is 0. The van der Waals surface area contributed by atoms with Crippen molar-refractivity contribution in [2.45, 2.75) is 44.6 Å². The van der Waals surface area contributed by atoms with E-state index in [-0.39, 0.29) is 11.9 Å². The number of carbonyl (C=O) groups excluding carboxylic acids is 1. The number of rotatable bonds is 3. The summed E-state index contributed by atoms with van der Waals surface area (Å²) < 4.78 is 5.32. The first-order valence-corrected chi connectivity index (χ1v) is 7.65. The van der Waals surface area contributed by atoms with Crippen LogP contribution in [-0.4, -0.2) is 37.5 Å². The summed E-state index contributed by atoms with van der Waals surface area (Å²) in [6.45, 7) is 2.53. The van der Waals surface area contributed by atoms with Gasteiger partial charge in [0.2, 0.25) is 5.89 Å². The average Bonchev–Trinajstić information content (AvgIpc) is 3.08. The summed E-state index contributed by atoms with van der Waals surface area (Å²) in [6.07, 6.45) is 7.16. The third-order valence-corrected chi connectivity index (χ3v) is 4.20. The van der Waals surface area contributed by atoms with Crippen molar-refractivity contribution < 1.29 is 9.32 Å². The maximum absolute atomic E-state index is 12.6. The standard InChI is InChI=1S/C15H17N5O2/c1-9-7-17-11(8-16-9)15(21)20-6-2-3-12(20)13-18-14(22-19-13)10-4-5-10/h7-8,10,12H,2-6H2,1H3/t12-/m0/s1. The van der Waals surface area contributed by atoms with Gasteiger partial charge >= 0.3 is 0 Å². The fourth-order valence-corrected chi connectivity index (χ4v) is 2.81. The van der Waals surface area contributed by atoms with Crippen LogP contribution in [0.4, 0.5) is 0 Å². The monoisotopic (exact) mass is 299 g/mol. The lowest BCUT2D eigenvalue weighted by Gasteiger charge is -2.21. The van der Waals surface area contributed by atoms with Crippen molar-refractivity contribution >= 4 is 5.91 Å². The van der Waals surface area contributed by atoms with Gasteiger partial charge in [0.05, 0.1) is 17.9 Å². The van der Waals surface area contributed by atoms with E-state index in [2.05, 4.69) is 20.1 Å². The van der Waals surface area contributed by atoms with E-state index in [0.29, 0.717) is 29.9 Å². The Hall–Kier alpha value is -2.31. The van der Waals surface area contributed by atoms with Gasteiger partial charge in [0.1, 0.15) is 5.69 Å². The summed E-state index contributed by atoms with van der Waals surface area (Å²) in [5.74, 6) is 1.64. The van der Waals surface area contributed by atoms with Crippen LogP contribution >= 0.6 is 0 Å². The molecule has 4 rings (SSSR count). The van der Waals surface area contributed by atoms with Gasteiger partial charge in [-0.25, -0.2) is 4.98 Å². The summed E-state index contributed by atoms with van der Waals surface area (Å²) in [6, 6.07) is -0.119. The Morgan fingerprint density at radius 2 is 2.14 bits per heavy atom. The van der Waals surface area contributed by atoms with Gasteiger partial charge in [0.25, 0.3) is 5.91 Å². The minimum atomic E-state index is -0.119. The van der Waals surface area contributed by atoms with Gasteiger partial charge in [0, 0.05) is 18.7 Å². The molecule has 7 heteroatoms. The zero-order chi connectivity index (χ0) is 15.1. The van der Waals surface area contributed by atoms with Crippen molar-refractivity contribution in [1.29, 1.82) is 0 Å². The van der Waals surface area contributed by atoms with E-state index in [1.54, 1.807) is 11.1 Å². The first-order chi connectivity index (χ1) is 10.7. The Morgan fingerprint density at radius 3 is 2.86 bits per heavy atom. The molecule has 114 valence electrons. The first kappa shape index (κ1) is 13.4. The van der Waals surface area contributed by atoms with Crippen LogP contribution in [0, 0.1) is 6.92 Å². The molecular formula is C15H17N5O2. The molecule has 1 saturated heterocycles. The van der Waals surface area contributed by atoms with Crippen molar-refractivity contribution in [2.24, 2.45) is 0 Å². The van der Waals surface area contributed by atoms with Gasteiger partial charge in [-0.15, -0.1) is 0 Å². The molecule has 2 aromatic heterocycles. The second-order valence-corrected chi connectivity index (χ2v) is 5.96. The summed E-state index contributed by atoms with van der Waals surface area (Å²) >= 11 is 0. The minimum absolute atomic E-state index is 0.118. The molecule has 0 aromatic carbocycles. The highest BCUT2D eigenvalue weighted by atomic mass is 16.5. The molecule has 0 radical (unpaired) electrons. The van der Waals surface area contributed by atoms with Gasteiger partial charge < -0.3 is 9.42 Å². The van der Waals surface area contributed by atoms with E-state index in [0.717, 1.165) is 31.4 Å². The van der Waals surface area contributed by atoms with Gasteiger partial charge in [0.15, 0.2) is 5.82 Å². The number of nitrogens with zero attached hydrogens (tertiary/aromatic N) is 5. The van der Waals surface area contributed by atoms with Crippen LogP contribution in [0.25, 0.3) is 0 Å². The van der Waals surface area contributed by atoms with Crippen molar-refractivity contribution in [3.8, 4) is 0 Å². The Balaban J connectivity index is 1.56. The second-order valence-electron chi connectivity index (χ2n) is 5.96. The summed E-state index contributed by atoms with van der Waals surface area (Å²) in [4.78, 5) is 27.2. The molecule has 0 N–H and O–H groups in total. The highest BCUT2D eigenvalue weighted by molar-refractivity contribution is 5.92. The molecule has 0 unspecified atom stereocenters. The normalized spacial score (nSPS) is 21.3. The van der Waals surface area contributed by atoms with Crippen LogP contribution in [0.2, 0.25) is 0 Å². The third kappa shape index (κ3) is 2.36. The maximum Gasteiger partial charge on any atom is 0.274 e. The molecule has 1 saturated carbocycles. The molecule has 3 heterocycles. The molecule has 2 aliphatic rings. The third-order valence-electron chi connectivity index (χ3n) is 4.20. The number of hydrogen-bond acceptors (Lipinski definition) is 6. The van der Waals surface area contributed by atoms with Gasteiger partial charge in [-0.2, -0.15) is 4.98 Å². The largest absolute Gasteiger partial charge is 0.339 e. The van der Waals surface area contributed by atoms with Crippen molar-refractivity contribution in [3.05, 3.63) is 35.5 Å². The maximum atomic E-state index is 12.6. The lowest BCUT2D eigenvalue weighted by atomic mass is 10.2. The van der Waals surface area contributed by atoms with Crippen LogP contribution in [0.3, 0.4) is 0 Å². The molecule has 7 nitrogen and oxygen atoms in total. The van der Waals surface area contributed by atoms with Crippen LogP contribution in [0.15, 0.2) is 16.9 Å². The summed E-state index contributed by atoms with van der Waals surface area (Å²) in [5.41, 5.74) is 1.16. The van der Waals surface area contributed by atoms with Crippen LogP contribution in [-0.2, 0) is 0 Å². The van der Waals surface area contributed by atoms with Crippen molar-refractivity contribution in [2.75, 3.05) is 6.54 Å². The van der Waals surface area contributed by atoms with E-state index < -0.39 is 0 Å².